The molecule has 0 bridgehead atoms. The number of nitrogens with zero attached hydrogens (tertiary/aromatic N) is 5. The van der Waals surface area contributed by atoms with Crippen molar-refractivity contribution in [3.8, 4) is 12.1 Å². The average molecular weight is 494 g/mol. The van der Waals surface area contributed by atoms with Gasteiger partial charge in [-0.3, -0.25) is 9.79 Å². The number of hydrogen-bond acceptors (Lipinski definition) is 4. The number of carbonyl (C=O) groups is 1. The molecule has 0 aliphatic heterocycles. The molecule has 0 spiro atoms. The monoisotopic (exact) mass is 493 g/mol. The molecular formula is C31H35N5O. The van der Waals surface area contributed by atoms with Gasteiger partial charge >= 0.3 is 0 Å². The summed E-state index contributed by atoms with van der Waals surface area (Å²) in [5.41, 5.74) is 2.24. The fraction of sp³-hybridized carbons (Fsp3) is 0.419. The third kappa shape index (κ3) is 7.61. The van der Waals surface area contributed by atoms with Crippen LogP contribution in [0.4, 0.5) is 0 Å². The first-order valence-corrected chi connectivity index (χ1v) is 11.8. The van der Waals surface area contributed by atoms with E-state index in [1.807, 2.05) is 52.0 Å². The first-order valence-electron chi connectivity index (χ1n) is 11.8. The van der Waals surface area contributed by atoms with Gasteiger partial charge in [0.05, 0.1) is 23.0 Å². The number of aldehydes is 1. The van der Waals surface area contributed by atoms with Crippen LogP contribution in [0.25, 0.3) is 9.69 Å². The molecule has 2 aromatic carbocycles. The molecule has 0 aliphatic rings. The number of hydrogen-bond donors (Lipinski definition) is 0. The molecule has 0 N–H and O–H groups in total. The van der Waals surface area contributed by atoms with E-state index < -0.39 is 21.9 Å². The van der Waals surface area contributed by atoms with E-state index >= 15 is 0 Å². The lowest BCUT2D eigenvalue weighted by atomic mass is 9.82. The minimum absolute atomic E-state index is 0.502. The number of benzene rings is 2. The van der Waals surface area contributed by atoms with Gasteiger partial charge in [0.15, 0.2) is 0 Å². The Labute approximate surface area is 221 Å². The highest BCUT2D eigenvalue weighted by Crippen LogP contribution is 2.32. The van der Waals surface area contributed by atoms with Gasteiger partial charge in [-0.05, 0) is 80.8 Å². The van der Waals surface area contributed by atoms with Crippen LogP contribution in [0.15, 0.2) is 41.4 Å². The van der Waals surface area contributed by atoms with Crippen molar-refractivity contribution in [3.63, 3.8) is 0 Å². The van der Waals surface area contributed by atoms with Crippen molar-refractivity contribution in [2.75, 3.05) is 7.05 Å². The summed E-state index contributed by atoms with van der Waals surface area (Å²) in [7, 11) is 1.71. The van der Waals surface area contributed by atoms with Crippen LogP contribution >= 0.6 is 0 Å². The first-order chi connectivity index (χ1) is 17.0. The third-order valence-corrected chi connectivity index (χ3v) is 6.30. The van der Waals surface area contributed by atoms with Gasteiger partial charge in [0.25, 0.3) is 11.1 Å². The minimum atomic E-state index is -0.695. The molecule has 0 amide bonds. The summed E-state index contributed by atoms with van der Waals surface area (Å²) in [4.78, 5) is 22.2. The van der Waals surface area contributed by atoms with Crippen molar-refractivity contribution in [3.05, 3.63) is 92.6 Å². The number of carbonyl (C=O) groups excluding carboxylic acids is 1. The molecule has 0 saturated heterocycles. The molecule has 6 heteroatoms. The second-order valence-electron chi connectivity index (χ2n) is 11.0. The molecule has 6 nitrogen and oxygen atoms in total. The molecule has 0 saturated carbocycles. The van der Waals surface area contributed by atoms with Crippen molar-refractivity contribution in [2.45, 2.75) is 77.3 Å². The van der Waals surface area contributed by atoms with E-state index in [9.17, 15) is 10.1 Å². The molecule has 2 rings (SSSR count). The van der Waals surface area contributed by atoms with E-state index in [-0.39, 0.29) is 0 Å². The number of nitriles is 2. The second kappa shape index (κ2) is 11.6. The quantitative estimate of drug-likeness (QED) is 0.243. The normalized spacial score (nSPS) is 11.8. The van der Waals surface area contributed by atoms with Gasteiger partial charge in [-0.15, -0.1) is 0 Å². The van der Waals surface area contributed by atoms with Crippen molar-refractivity contribution in [1.82, 2.24) is 0 Å². The van der Waals surface area contributed by atoms with E-state index in [0.717, 1.165) is 34.1 Å². The lowest BCUT2D eigenvalue weighted by Crippen LogP contribution is -2.18. The standard InChI is InChI=1S/C16H19N3.C15H16N2O/c1-15(2,11-17)13-7-12(10-18-5)8-14(9-13)16(3,4)19-6;1-14(2,10-16)12-6-11(9-18)7-13(8-12)15(3,4)17-5/h7-10H,1-5H3;6-9H,1-4H3. The predicted octanol–water partition coefficient (Wildman–Crippen LogP) is 7.15. The summed E-state index contributed by atoms with van der Waals surface area (Å²) >= 11 is 0. The Bertz CT molecular complexity index is 1260. The van der Waals surface area contributed by atoms with E-state index in [1.54, 1.807) is 53.1 Å². The second-order valence-corrected chi connectivity index (χ2v) is 11.0. The first kappa shape index (κ1) is 30.8. The summed E-state index contributed by atoms with van der Waals surface area (Å²) in [5, 5.41) is 18.4. The zero-order chi connectivity index (χ0) is 28.7. The predicted molar refractivity (Wildman–Crippen MR) is 148 cm³/mol. The Balaban J connectivity index is 0.000000371. The van der Waals surface area contributed by atoms with Crippen LogP contribution in [0.2, 0.25) is 0 Å². The van der Waals surface area contributed by atoms with E-state index in [1.165, 1.54) is 0 Å². The fourth-order valence-corrected chi connectivity index (χ4v) is 3.28. The molecule has 0 aliphatic carbocycles. The molecule has 0 atom stereocenters. The van der Waals surface area contributed by atoms with Crippen LogP contribution in [-0.2, 0) is 21.9 Å². The van der Waals surface area contributed by atoms with Crippen molar-refractivity contribution < 1.29 is 4.79 Å². The van der Waals surface area contributed by atoms with E-state index in [2.05, 4.69) is 26.8 Å². The van der Waals surface area contributed by atoms with Gasteiger partial charge in [0.2, 0.25) is 0 Å². The molecule has 0 unspecified atom stereocenters. The molecule has 37 heavy (non-hydrogen) atoms. The summed E-state index contributed by atoms with van der Waals surface area (Å²) in [6.45, 7) is 29.2. The van der Waals surface area contributed by atoms with Crippen molar-refractivity contribution >= 4 is 12.5 Å². The topological polar surface area (TPSA) is 85.7 Å². The summed E-state index contributed by atoms with van der Waals surface area (Å²) in [6, 6.07) is 15.6. The highest BCUT2D eigenvalue weighted by Gasteiger charge is 2.30. The molecule has 0 aromatic heterocycles. The third-order valence-electron chi connectivity index (χ3n) is 6.30. The van der Waals surface area contributed by atoms with Crippen LogP contribution in [0, 0.1) is 35.8 Å². The van der Waals surface area contributed by atoms with E-state index in [0.29, 0.717) is 5.56 Å². The summed E-state index contributed by atoms with van der Waals surface area (Å²) in [6.07, 6.45) is 2.50. The van der Waals surface area contributed by atoms with Crippen LogP contribution in [0.5, 0.6) is 0 Å². The smallest absolute Gasteiger partial charge is 0.252 e. The molecule has 0 radical (unpaired) electrons. The summed E-state index contributed by atoms with van der Waals surface area (Å²) in [5.74, 6) is 0. The van der Waals surface area contributed by atoms with Gasteiger partial charge in [-0.1, -0.05) is 0 Å². The lowest BCUT2D eigenvalue weighted by Gasteiger charge is -2.20. The zero-order valence-electron chi connectivity index (χ0n) is 23.3. The SMILES string of the molecule is [C-]#[N+]C(C)(C)c1cc(C=NC)cc(C(C)(C)C#N)c1.[C-]#[N+]C(C)(C)c1cc(C=O)cc(C(C)(C)C#N)c1. The maximum atomic E-state index is 11.0. The van der Waals surface area contributed by atoms with Crippen molar-refractivity contribution in [2.24, 2.45) is 4.99 Å². The van der Waals surface area contributed by atoms with Gasteiger partial charge < -0.3 is 9.69 Å². The Morgan fingerprint density at radius 3 is 1.38 bits per heavy atom. The van der Waals surface area contributed by atoms with Crippen LogP contribution in [0.3, 0.4) is 0 Å². The van der Waals surface area contributed by atoms with Gasteiger partial charge in [0, 0.05) is 57.6 Å². The van der Waals surface area contributed by atoms with Gasteiger partial charge in [0.1, 0.15) is 6.29 Å². The molecule has 0 fully saturated rings. The number of rotatable bonds is 6. The molecular weight excluding hydrogens is 458 g/mol. The van der Waals surface area contributed by atoms with Crippen LogP contribution < -0.4 is 0 Å². The maximum absolute atomic E-state index is 11.0. The minimum Gasteiger partial charge on any atom is -0.306 e. The Hall–Kier alpha value is -4.26. The largest absolute Gasteiger partial charge is 0.306 e. The van der Waals surface area contributed by atoms with Gasteiger partial charge in [-0.2, -0.15) is 10.5 Å². The molecule has 190 valence electrons. The van der Waals surface area contributed by atoms with Crippen molar-refractivity contribution in [1.29, 1.82) is 10.5 Å². The lowest BCUT2D eigenvalue weighted by molar-refractivity contribution is 0.112. The number of aliphatic imine (C=N–C) groups is 1. The van der Waals surface area contributed by atoms with E-state index in [4.69, 9.17) is 18.4 Å². The Kier molecular flexibility index (Phi) is 9.69. The average Bonchev–Trinajstić information content (AvgIpc) is 2.88. The Morgan fingerprint density at radius 1 is 0.703 bits per heavy atom. The van der Waals surface area contributed by atoms with Gasteiger partial charge in [-0.25, -0.2) is 13.1 Å². The maximum Gasteiger partial charge on any atom is 0.252 e. The van der Waals surface area contributed by atoms with Crippen LogP contribution in [-0.4, -0.2) is 19.5 Å². The van der Waals surface area contributed by atoms with Crippen LogP contribution in [0.1, 0.15) is 93.6 Å². The molecule has 0 heterocycles. The highest BCUT2D eigenvalue weighted by atomic mass is 16.1. The Morgan fingerprint density at radius 2 is 1.05 bits per heavy atom. The fourth-order valence-electron chi connectivity index (χ4n) is 3.28. The highest BCUT2D eigenvalue weighted by molar-refractivity contribution is 5.80. The zero-order valence-corrected chi connectivity index (χ0v) is 23.3. The summed E-state index contributed by atoms with van der Waals surface area (Å²) < 4.78 is 0. The molecule has 2 aromatic rings.